The Labute approximate surface area is 170 Å². The molecule has 3 aromatic heterocycles. The number of benzene rings is 1. The van der Waals surface area contributed by atoms with Crippen molar-refractivity contribution in [2.75, 3.05) is 10.6 Å². The summed E-state index contributed by atoms with van der Waals surface area (Å²) in [5.74, 6) is 0.864. The van der Waals surface area contributed by atoms with Gasteiger partial charge in [-0.05, 0) is 37.5 Å². The van der Waals surface area contributed by atoms with Gasteiger partial charge < -0.3 is 10.6 Å². The third-order valence-corrected chi connectivity index (χ3v) is 5.15. The second-order valence-electron chi connectivity index (χ2n) is 7.15. The fourth-order valence-corrected chi connectivity index (χ4v) is 3.60. The van der Waals surface area contributed by atoms with Gasteiger partial charge in [0.15, 0.2) is 17.5 Å². The van der Waals surface area contributed by atoms with Crippen molar-refractivity contribution in [3.05, 3.63) is 52.2 Å². The Balaban J connectivity index is 1.35. The van der Waals surface area contributed by atoms with Gasteiger partial charge in [-0.3, -0.25) is 10.2 Å². The minimum absolute atomic E-state index is 0.0621. The highest BCUT2D eigenvalue weighted by Gasteiger charge is 2.25. The number of fused-ring (bicyclic) bond motifs is 1. The molecule has 0 radical (unpaired) electrons. The Morgan fingerprint density at radius 3 is 2.90 bits per heavy atom. The number of nitrogens with one attached hydrogen (secondary N) is 4. The Morgan fingerprint density at radius 1 is 1.21 bits per heavy atom. The van der Waals surface area contributed by atoms with Gasteiger partial charge in [0.05, 0.1) is 17.4 Å². The maximum absolute atomic E-state index is 14.2. The van der Waals surface area contributed by atoms with Crippen molar-refractivity contribution in [3.8, 4) is 0 Å². The monoisotopic (exact) mass is 412 g/mol. The average Bonchev–Trinajstić information content (AvgIpc) is 3.34. The van der Waals surface area contributed by atoms with Crippen LogP contribution < -0.4 is 10.6 Å². The summed E-state index contributed by atoms with van der Waals surface area (Å²) < 4.78 is 14.2. The lowest BCUT2D eigenvalue weighted by atomic mass is 10.1. The van der Waals surface area contributed by atoms with Crippen LogP contribution in [-0.2, 0) is 6.54 Å². The van der Waals surface area contributed by atoms with Crippen LogP contribution in [0.15, 0.2) is 24.4 Å². The Morgan fingerprint density at radius 2 is 2.07 bits per heavy atom. The van der Waals surface area contributed by atoms with Crippen molar-refractivity contribution in [1.29, 1.82) is 0 Å². The summed E-state index contributed by atoms with van der Waals surface area (Å²) in [6, 6.07) is 5.58. The number of aryl methyl sites for hydroxylation is 1. The van der Waals surface area contributed by atoms with Crippen molar-refractivity contribution < 1.29 is 4.39 Å². The van der Waals surface area contributed by atoms with Gasteiger partial charge >= 0.3 is 0 Å². The van der Waals surface area contributed by atoms with E-state index in [-0.39, 0.29) is 5.82 Å². The van der Waals surface area contributed by atoms with Crippen LogP contribution in [0.1, 0.15) is 35.7 Å². The highest BCUT2D eigenvalue weighted by molar-refractivity contribution is 6.31. The maximum atomic E-state index is 14.2. The first-order valence-corrected chi connectivity index (χ1v) is 9.66. The van der Waals surface area contributed by atoms with E-state index < -0.39 is 5.82 Å². The van der Waals surface area contributed by atoms with E-state index >= 15 is 0 Å². The largest absolute Gasteiger partial charge is 0.350 e. The van der Waals surface area contributed by atoms with Gasteiger partial charge in [-0.15, -0.1) is 0 Å². The Kier molecular flexibility index (Phi) is 4.31. The maximum Gasteiger partial charge on any atom is 0.225 e. The van der Waals surface area contributed by atoms with E-state index in [0.29, 0.717) is 29.3 Å². The number of hydrogen-bond acceptors (Lipinski definition) is 6. The molecule has 148 valence electrons. The van der Waals surface area contributed by atoms with Gasteiger partial charge in [0, 0.05) is 34.6 Å². The first-order valence-electron chi connectivity index (χ1n) is 9.28. The molecule has 0 unspecified atom stereocenters. The van der Waals surface area contributed by atoms with Crippen LogP contribution in [0, 0.1) is 12.7 Å². The third kappa shape index (κ3) is 3.61. The number of aromatic amines is 2. The van der Waals surface area contributed by atoms with E-state index in [2.05, 4.69) is 41.0 Å². The molecule has 1 saturated carbocycles. The smallest absolute Gasteiger partial charge is 0.225 e. The molecule has 1 aliphatic carbocycles. The van der Waals surface area contributed by atoms with E-state index in [4.69, 9.17) is 11.6 Å². The van der Waals surface area contributed by atoms with Gasteiger partial charge in [-0.1, -0.05) is 11.6 Å². The molecule has 1 aromatic carbocycles. The average molecular weight is 413 g/mol. The normalized spacial score (nSPS) is 13.8. The first kappa shape index (κ1) is 17.9. The highest BCUT2D eigenvalue weighted by atomic mass is 35.5. The molecular formula is C19H18ClFN8. The van der Waals surface area contributed by atoms with E-state index in [1.54, 1.807) is 0 Å². The van der Waals surface area contributed by atoms with Crippen LogP contribution in [0.3, 0.4) is 0 Å². The molecule has 0 spiro atoms. The molecule has 8 nitrogen and oxygen atoms in total. The van der Waals surface area contributed by atoms with Crippen molar-refractivity contribution in [2.24, 2.45) is 0 Å². The van der Waals surface area contributed by atoms with Gasteiger partial charge in [0.1, 0.15) is 0 Å². The second-order valence-corrected chi connectivity index (χ2v) is 7.58. The quantitative estimate of drug-likeness (QED) is 0.373. The zero-order valence-electron chi connectivity index (χ0n) is 15.6. The summed E-state index contributed by atoms with van der Waals surface area (Å²) >= 11 is 6.20. The molecule has 4 N–H and O–H groups in total. The van der Waals surface area contributed by atoms with E-state index in [1.807, 2.05) is 25.1 Å². The molecule has 1 aliphatic rings. The van der Waals surface area contributed by atoms with Crippen molar-refractivity contribution in [3.63, 3.8) is 0 Å². The van der Waals surface area contributed by atoms with Crippen molar-refractivity contribution >= 4 is 40.1 Å². The molecule has 0 bridgehead atoms. The predicted molar refractivity (Wildman–Crippen MR) is 109 cm³/mol. The number of halogens is 2. The lowest BCUT2D eigenvalue weighted by Gasteiger charge is -2.09. The number of aromatic nitrogens is 6. The molecule has 3 heterocycles. The summed E-state index contributed by atoms with van der Waals surface area (Å²) in [4.78, 5) is 8.28. The third-order valence-electron chi connectivity index (χ3n) is 4.93. The van der Waals surface area contributed by atoms with Gasteiger partial charge in [0.2, 0.25) is 5.95 Å². The molecule has 0 amide bonds. The van der Waals surface area contributed by atoms with Crippen molar-refractivity contribution in [1.82, 2.24) is 30.4 Å². The molecule has 1 fully saturated rings. The summed E-state index contributed by atoms with van der Waals surface area (Å²) in [6.45, 7) is 2.34. The van der Waals surface area contributed by atoms with Crippen LogP contribution >= 0.6 is 11.6 Å². The van der Waals surface area contributed by atoms with Crippen LogP contribution in [0.25, 0.3) is 10.9 Å². The van der Waals surface area contributed by atoms with E-state index in [9.17, 15) is 4.39 Å². The first-order chi connectivity index (χ1) is 14.1. The molecule has 0 aliphatic heterocycles. The molecule has 5 rings (SSSR count). The number of anilines is 3. The minimum atomic E-state index is -0.553. The zero-order chi connectivity index (χ0) is 20.0. The fraction of sp³-hybridized carbons (Fsp3) is 0.263. The molecule has 10 heteroatoms. The topological polar surface area (TPSA) is 107 Å². The lowest BCUT2D eigenvalue weighted by molar-refractivity contribution is 0.619. The van der Waals surface area contributed by atoms with E-state index in [1.165, 1.54) is 0 Å². The van der Waals surface area contributed by atoms with E-state index in [0.717, 1.165) is 46.9 Å². The highest BCUT2D eigenvalue weighted by Crippen LogP contribution is 2.39. The van der Waals surface area contributed by atoms with Crippen LogP contribution in [0.5, 0.6) is 0 Å². The van der Waals surface area contributed by atoms with Crippen molar-refractivity contribution in [2.45, 2.75) is 32.2 Å². The molecule has 4 aromatic rings. The molecule has 0 atom stereocenters. The SMILES string of the molecule is Cc1n[nH]c2cc(Cl)cc(CNc3ncc(F)c(Nc4cc(C5CC5)[nH]n4)n3)c12. The summed E-state index contributed by atoms with van der Waals surface area (Å²) in [5, 5.41) is 22.0. The molecule has 0 saturated heterocycles. The van der Waals surface area contributed by atoms with Gasteiger partial charge in [-0.2, -0.15) is 15.2 Å². The summed E-state index contributed by atoms with van der Waals surface area (Å²) in [7, 11) is 0. The second kappa shape index (κ2) is 7.00. The number of hydrogen-bond donors (Lipinski definition) is 4. The number of nitrogens with zero attached hydrogens (tertiary/aromatic N) is 4. The van der Waals surface area contributed by atoms with Crippen LogP contribution in [-0.4, -0.2) is 30.4 Å². The Bertz CT molecular complexity index is 1200. The zero-order valence-corrected chi connectivity index (χ0v) is 16.3. The van der Waals surface area contributed by atoms with Gasteiger partial charge in [0.25, 0.3) is 0 Å². The predicted octanol–water partition coefficient (Wildman–Crippen LogP) is 4.41. The van der Waals surface area contributed by atoms with Gasteiger partial charge in [-0.25, -0.2) is 9.37 Å². The molecular weight excluding hydrogens is 395 g/mol. The van der Waals surface area contributed by atoms with Crippen LogP contribution in [0.4, 0.5) is 22.0 Å². The summed E-state index contributed by atoms with van der Waals surface area (Å²) in [6.07, 6.45) is 3.44. The number of rotatable bonds is 6. The number of H-pyrrole nitrogens is 2. The minimum Gasteiger partial charge on any atom is -0.350 e. The lowest BCUT2D eigenvalue weighted by Crippen LogP contribution is -2.07. The molecule has 29 heavy (non-hydrogen) atoms. The Hall–Kier alpha value is -3.20. The standard InChI is InChI=1S/C19H18ClFN8/c1-9-17-11(4-12(20)5-15(17)28-26-9)7-22-19-23-8-13(21)18(25-19)24-16-6-14(27-29-16)10-2-3-10/h4-6,8,10H,2-3,7H2,1H3,(H,26,28)(H3,22,23,24,25,27,29). The summed E-state index contributed by atoms with van der Waals surface area (Å²) in [5.41, 5.74) is 3.74. The van der Waals surface area contributed by atoms with Crippen LogP contribution in [0.2, 0.25) is 5.02 Å². The fourth-order valence-electron chi connectivity index (χ4n) is 3.36.